The van der Waals surface area contributed by atoms with Gasteiger partial charge < -0.3 is 19.9 Å². The summed E-state index contributed by atoms with van der Waals surface area (Å²) in [6, 6.07) is 6.32. The van der Waals surface area contributed by atoms with Crippen molar-refractivity contribution in [2.45, 2.75) is 44.7 Å². The predicted octanol–water partition coefficient (Wildman–Crippen LogP) is 2.22. The smallest absolute Gasteiger partial charge is 0.330 e. The Balaban J connectivity index is 1.55. The molecule has 0 bridgehead atoms. The topological polar surface area (TPSA) is 88.1 Å². The molecule has 0 spiro atoms. The standard InChI is InChI=1S/C21H30N2O5/c1-2-28-18-9-5-15(6-10-18)19(21(25)26)22-20(24)16-3-7-17(8-4-16)23-11-13-27-14-12-23/h5-6,9-10,16-17,19H,2-4,7-8,11-14H2,1H3,(H,22,24)(H,25,26). The number of carboxylic acids is 1. The van der Waals surface area contributed by atoms with Crippen molar-refractivity contribution in [3.8, 4) is 5.75 Å². The molecule has 154 valence electrons. The van der Waals surface area contributed by atoms with Crippen molar-refractivity contribution in [3.05, 3.63) is 29.8 Å². The number of carbonyl (C=O) groups is 2. The van der Waals surface area contributed by atoms with Gasteiger partial charge in [0.25, 0.3) is 0 Å². The van der Waals surface area contributed by atoms with Gasteiger partial charge in [0, 0.05) is 25.0 Å². The van der Waals surface area contributed by atoms with Crippen LogP contribution in [0.4, 0.5) is 0 Å². The van der Waals surface area contributed by atoms with E-state index in [-0.39, 0.29) is 11.8 Å². The van der Waals surface area contributed by atoms with Crippen LogP contribution in [0.15, 0.2) is 24.3 Å². The van der Waals surface area contributed by atoms with Crippen molar-refractivity contribution in [2.75, 3.05) is 32.9 Å². The molecule has 0 radical (unpaired) electrons. The fourth-order valence-corrected chi connectivity index (χ4v) is 4.12. The lowest BCUT2D eigenvalue weighted by atomic mass is 9.84. The predicted molar refractivity (Wildman–Crippen MR) is 104 cm³/mol. The highest BCUT2D eigenvalue weighted by molar-refractivity contribution is 5.85. The van der Waals surface area contributed by atoms with E-state index >= 15 is 0 Å². The minimum absolute atomic E-state index is 0.123. The fraction of sp³-hybridized carbons (Fsp3) is 0.619. The van der Waals surface area contributed by atoms with Crippen LogP contribution in [0.2, 0.25) is 0 Å². The van der Waals surface area contributed by atoms with Crippen molar-refractivity contribution in [1.82, 2.24) is 10.2 Å². The molecule has 28 heavy (non-hydrogen) atoms. The Hall–Kier alpha value is -2.12. The Labute approximate surface area is 166 Å². The minimum Gasteiger partial charge on any atom is -0.494 e. The second-order valence-corrected chi connectivity index (χ2v) is 7.44. The van der Waals surface area contributed by atoms with Crippen molar-refractivity contribution in [2.24, 2.45) is 5.92 Å². The number of carboxylic acid groups (broad SMARTS) is 1. The Kier molecular flexibility index (Phi) is 7.28. The van der Waals surface area contributed by atoms with Crippen LogP contribution in [0.25, 0.3) is 0 Å². The number of rotatable bonds is 7. The van der Waals surface area contributed by atoms with Gasteiger partial charge in [0.15, 0.2) is 6.04 Å². The first-order chi connectivity index (χ1) is 13.6. The number of nitrogens with one attached hydrogen (secondary N) is 1. The maximum atomic E-state index is 12.7. The first-order valence-corrected chi connectivity index (χ1v) is 10.2. The molecule has 2 fully saturated rings. The molecule has 3 rings (SSSR count). The van der Waals surface area contributed by atoms with E-state index in [4.69, 9.17) is 9.47 Å². The summed E-state index contributed by atoms with van der Waals surface area (Å²) in [6.45, 7) is 5.92. The molecule has 1 aromatic carbocycles. The highest BCUT2D eigenvalue weighted by Gasteiger charge is 2.32. The average molecular weight is 390 g/mol. The largest absolute Gasteiger partial charge is 0.494 e. The molecule has 1 unspecified atom stereocenters. The van der Waals surface area contributed by atoms with Gasteiger partial charge in [-0.15, -0.1) is 0 Å². The lowest BCUT2D eigenvalue weighted by molar-refractivity contribution is -0.143. The monoisotopic (exact) mass is 390 g/mol. The highest BCUT2D eigenvalue weighted by Crippen LogP contribution is 2.29. The lowest BCUT2D eigenvalue weighted by Gasteiger charge is -2.38. The second kappa shape index (κ2) is 9.89. The quantitative estimate of drug-likeness (QED) is 0.742. The van der Waals surface area contributed by atoms with E-state index in [1.165, 1.54) is 0 Å². The molecule has 1 aliphatic carbocycles. The third-order valence-corrected chi connectivity index (χ3v) is 5.69. The number of nitrogens with zero attached hydrogens (tertiary/aromatic N) is 1. The molecule has 7 nitrogen and oxygen atoms in total. The third-order valence-electron chi connectivity index (χ3n) is 5.69. The van der Waals surface area contributed by atoms with Gasteiger partial charge >= 0.3 is 5.97 Å². The zero-order valence-electron chi connectivity index (χ0n) is 16.4. The molecular formula is C21H30N2O5. The number of hydrogen-bond donors (Lipinski definition) is 2. The van der Waals surface area contributed by atoms with Gasteiger partial charge in [0.1, 0.15) is 5.75 Å². The number of morpholine rings is 1. The van der Waals surface area contributed by atoms with Gasteiger partial charge in [-0.2, -0.15) is 0 Å². The van der Waals surface area contributed by atoms with Crippen LogP contribution in [-0.2, 0) is 14.3 Å². The van der Waals surface area contributed by atoms with Crippen LogP contribution in [0.3, 0.4) is 0 Å². The van der Waals surface area contributed by atoms with Crippen LogP contribution in [0, 0.1) is 5.92 Å². The van der Waals surface area contributed by atoms with E-state index in [9.17, 15) is 14.7 Å². The Morgan fingerprint density at radius 2 is 1.82 bits per heavy atom. The minimum atomic E-state index is -1.06. The summed E-state index contributed by atoms with van der Waals surface area (Å²) in [6.07, 6.45) is 3.53. The summed E-state index contributed by atoms with van der Waals surface area (Å²) in [5, 5.41) is 12.3. The number of ether oxygens (including phenoxy) is 2. The fourth-order valence-electron chi connectivity index (χ4n) is 4.12. The van der Waals surface area contributed by atoms with Crippen molar-refractivity contribution in [3.63, 3.8) is 0 Å². The summed E-state index contributed by atoms with van der Waals surface area (Å²) in [5.74, 6) is -0.661. The third kappa shape index (κ3) is 5.23. The molecule has 1 aromatic rings. The van der Waals surface area contributed by atoms with Gasteiger partial charge in [-0.3, -0.25) is 9.69 Å². The molecule has 0 aromatic heterocycles. The van der Waals surface area contributed by atoms with Gasteiger partial charge in [-0.1, -0.05) is 12.1 Å². The van der Waals surface area contributed by atoms with E-state index in [2.05, 4.69) is 10.2 Å². The molecule has 1 saturated carbocycles. The van der Waals surface area contributed by atoms with Crippen molar-refractivity contribution in [1.29, 1.82) is 0 Å². The summed E-state index contributed by atoms with van der Waals surface area (Å²) >= 11 is 0. The van der Waals surface area contributed by atoms with Gasteiger partial charge in [0.2, 0.25) is 5.91 Å². The van der Waals surface area contributed by atoms with E-state index in [1.807, 2.05) is 6.92 Å². The molecule has 2 aliphatic rings. The Bertz CT molecular complexity index is 649. The maximum absolute atomic E-state index is 12.7. The highest BCUT2D eigenvalue weighted by atomic mass is 16.5. The average Bonchev–Trinajstić information content (AvgIpc) is 2.73. The van der Waals surface area contributed by atoms with Gasteiger partial charge in [-0.25, -0.2) is 4.79 Å². The van der Waals surface area contributed by atoms with E-state index in [1.54, 1.807) is 24.3 Å². The van der Waals surface area contributed by atoms with Gasteiger partial charge in [0.05, 0.1) is 19.8 Å². The normalized spacial score (nSPS) is 24.3. The summed E-state index contributed by atoms with van der Waals surface area (Å²) < 4.78 is 10.8. The zero-order valence-corrected chi connectivity index (χ0v) is 16.4. The van der Waals surface area contributed by atoms with E-state index in [0.29, 0.717) is 24.0 Å². The van der Waals surface area contributed by atoms with Crippen LogP contribution >= 0.6 is 0 Å². The first-order valence-electron chi connectivity index (χ1n) is 10.2. The molecule has 1 amide bonds. The van der Waals surface area contributed by atoms with Crippen molar-refractivity contribution < 1.29 is 24.2 Å². The van der Waals surface area contributed by atoms with Crippen LogP contribution in [0.1, 0.15) is 44.2 Å². The van der Waals surface area contributed by atoms with Crippen LogP contribution < -0.4 is 10.1 Å². The second-order valence-electron chi connectivity index (χ2n) is 7.44. The van der Waals surface area contributed by atoms with Crippen molar-refractivity contribution >= 4 is 11.9 Å². The number of benzene rings is 1. The molecule has 1 heterocycles. The zero-order chi connectivity index (χ0) is 19.9. The Morgan fingerprint density at radius 1 is 1.18 bits per heavy atom. The van der Waals surface area contributed by atoms with Crippen LogP contribution in [-0.4, -0.2) is 60.8 Å². The first kappa shape index (κ1) is 20.6. The van der Waals surface area contributed by atoms with E-state index < -0.39 is 12.0 Å². The maximum Gasteiger partial charge on any atom is 0.330 e. The number of carbonyl (C=O) groups excluding carboxylic acids is 1. The Morgan fingerprint density at radius 3 is 2.39 bits per heavy atom. The molecular weight excluding hydrogens is 360 g/mol. The molecule has 1 saturated heterocycles. The van der Waals surface area contributed by atoms with E-state index in [0.717, 1.165) is 52.0 Å². The molecule has 1 atom stereocenters. The van der Waals surface area contributed by atoms with Crippen LogP contribution in [0.5, 0.6) is 5.75 Å². The van der Waals surface area contributed by atoms with Gasteiger partial charge in [-0.05, 0) is 50.3 Å². The lowest BCUT2D eigenvalue weighted by Crippen LogP contribution is -2.46. The number of amides is 1. The summed E-state index contributed by atoms with van der Waals surface area (Å²) in [4.78, 5) is 26.9. The molecule has 7 heteroatoms. The number of hydrogen-bond acceptors (Lipinski definition) is 5. The summed E-state index contributed by atoms with van der Waals surface area (Å²) in [7, 11) is 0. The molecule has 1 aliphatic heterocycles. The number of aliphatic carboxylic acids is 1. The SMILES string of the molecule is CCOc1ccc(C(NC(=O)C2CCC(N3CCOCC3)CC2)C(=O)O)cc1. The summed E-state index contributed by atoms with van der Waals surface area (Å²) in [5.41, 5.74) is 0.548. The molecule has 2 N–H and O–H groups in total.